The number of rotatable bonds is 3. The van der Waals surface area contributed by atoms with Gasteiger partial charge in [0, 0.05) is 16.6 Å². The van der Waals surface area contributed by atoms with Crippen LogP contribution in [0.15, 0.2) is 23.1 Å². The van der Waals surface area contributed by atoms with Gasteiger partial charge in [-0.1, -0.05) is 23.2 Å². The zero-order valence-corrected chi connectivity index (χ0v) is 12.7. The number of halogens is 2. The first kappa shape index (κ1) is 15.6. The summed E-state index contributed by atoms with van der Waals surface area (Å²) in [6, 6.07) is 2.94. The first-order valence-electron chi connectivity index (χ1n) is 6.03. The van der Waals surface area contributed by atoms with Gasteiger partial charge in [0.1, 0.15) is 6.04 Å². The van der Waals surface area contributed by atoms with Crippen molar-refractivity contribution in [1.29, 1.82) is 0 Å². The Hall–Kier alpha value is -0.820. The van der Waals surface area contributed by atoms with Gasteiger partial charge in [0.05, 0.1) is 4.90 Å². The third-order valence-electron chi connectivity index (χ3n) is 3.18. The van der Waals surface area contributed by atoms with E-state index >= 15 is 0 Å². The van der Waals surface area contributed by atoms with Gasteiger partial charge in [0.15, 0.2) is 0 Å². The van der Waals surface area contributed by atoms with Crippen molar-refractivity contribution in [2.75, 3.05) is 6.54 Å². The highest BCUT2D eigenvalue weighted by Gasteiger charge is 2.37. The Morgan fingerprint density at radius 2 is 1.80 bits per heavy atom. The highest BCUT2D eigenvalue weighted by atomic mass is 35.5. The molecule has 1 saturated heterocycles. The Morgan fingerprint density at radius 3 is 2.35 bits per heavy atom. The lowest BCUT2D eigenvalue weighted by atomic mass is 10.1. The largest absolute Gasteiger partial charge is 0.480 e. The summed E-state index contributed by atoms with van der Waals surface area (Å²) in [7, 11) is -3.92. The molecule has 1 aliphatic heterocycles. The molecule has 0 aromatic heterocycles. The fraction of sp³-hybridized carbons (Fsp3) is 0.417. The van der Waals surface area contributed by atoms with Crippen molar-refractivity contribution in [2.24, 2.45) is 0 Å². The van der Waals surface area contributed by atoms with E-state index in [0.717, 1.165) is 4.31 Å². The van der Waals surface area contributed by atoms with Crippen LogP contribution in [-0.2, 0) is 14.8 Å². The molecule has 0 spiro atoms. The zero-order chi connectivity index (χ0) is 14.9. The van der Waals surface area contributed by atoms with Crippen molar-refractivity contribution in [3.63, 3.8) is 0 Å². The van der Waals surface area contributed by atoms with Crippen molar-refractivity contribution in [3.05, 3.63) is 28.2 Å². The summed E-state index contributed by atoms with van der Waals surface area (Å²) in [6.45, 7) is 0.184. The topological polar surface area (TPSA) is 74.7 Å². The lowest BCUT2D eigenvalue weighted by Crippen LogP contribution is -2.47. The van der Waals surface area contributed by atoms with Crippen LogP contribution < -0.4 is 0 Å². The number of nitrogens with zero attached hydrogens (tertiary/aromatic N) is 1. The number of carbonyl (C=O) groups is 1. The number of hydrogen-bond acceptors (Lipinski definition) is 3. The molecule has 0 aliphatic carbocycles. The number of carboxylic acid groups (broad SMARTS) is 1. The number of piperidine rings is 1. The van der Waals surface area contributed by atoms with Crippen molar-refractivity contribution in [2.45, 2.75) is 30.2 Å². The molecule has 1 fully saturated rings. The molecule has 0 bridgehead atoms. The van der Waals surface area contributed by atoms with E-state index < -0.39 is 22.0 Å². The monoisotopic (exact) mass is 337 g/mol. The first-order chi connectivity index (χ1) is 9.32. The minimum atomic E-state index is -3.92. The molecule has 1 aliphatic rings. The van der Waals surface area contributed by atoms with Crippen LogP contribution in [0.4, 0.5) is 0 Å². The second-order valence-corrected chi connectivity index (χ2v) is 7.33. The van der Waals surface area contributed by atoms with Crippen LogP contribution in [0.3, 0.4) is 0 Å². The van der Waals surface area contributed by atoms with Crippen LogP contribution in [0, 0.1) is 0 Å². The summed E-state index contributed by atoms with van der Waals surface area (Å²) in [6.07, 6.45) is 1.64. The summed E-state index contributed by atoms with van der Waals surface area (Å²) in [5, 5.41) is 9.56. The lowest BCUT2D eigenvalue weighted by molar-refractivity contribution is -0.142. The molecule has 1 heterocycles. The van der Waals surface area contributed by atoms with Gasteiger partial charge >= 0.3 is 5.97 Å². The van der Waals surface area contributed by atoms with Crippen LogP contribution in [0.2, 0.25) is 10.0 Å². The Labute approximate surface area is 127 Å². The third kappa shape index (κ3) is 3.09. The highest BCUT2D eigenvalue weighted by Crippen LogP contribution is 2.29. The Balaban J connectivity index is 2.44. The maximum Gasteiger partial charge on any atom is 0.322 e. The van der Waals surface area contributed by atoms with Gasteiger partial charge in [-0.15, -0.1) is 0 Å². The maximum absolute atomic E-state index is 12.6. The first-order valence-corrected chi connectivity index (χ1v) is 8.23. The molecule has 8 heteroatoms. The van der Waals surface area contributed by atoms with E-state index in [1.807, 2.05) is 0 Å². The van der Waals surface area contributed by atoms with Crippen LogP contribution in [0.5, 0.6) is 0 Å². The molecule has 1 aromatic carbocycles. The molecule has 0 radical (unpaired) electrons. The van der Waals surface area contributed by atoms with E-state index in [2.05, 4.69) is 0 Å². The molecular formula is C12H13Cl2NO4S. The molecular weight excluding hydrogens is 325 g/mol. The van der Waals surface area contributed by atoms with E-state index in [1.165, 1.54) is 18.2 Å². The van der Waals surface area contributed by atoms with Crippen molar-refractivity contribution < 1.29 is 18.3 Å². The predicted octanol–water partition coefficient (Wildman–Crippen LogP) is 2.62. The molecule has 5 nitrogen and oxygen atoms in total. The predicted molar refractivity (Wildman–Crippen MR) is 75.6 cm³/mol. The molecule has 0 amide bonds. The van der Waals surface area contributed by atoms with Crippen LogP contribution >= 0.6 is 23.2 Å². The molecule has 2 rings (SSSR count). The SMILES string of the molecule is O=C(O)[C@H]1CCCCN1S(=O)(=O)c1cc(Cl)cc(Cl)c1. The summed E-state index contributed by atoms with van der Waals surface area (Å²) in [4.78, 5) is 11.1. The van der Waals surface area contributed by atoms with Crippen LogP contribution in [0.25, 0.3) is 0 Å². The van der Waals surface area contributed by atoms with Gasteiger partial charge in [-0.05, 0) is 37.5 Å². The summed E-state index contributed by atoms with van der Waals surface area (Å²) >= 11 is 11.6. The minimum Gasteiger partial charge on any atom is -0.480 e. The smallest absolute Gasteiger partial charge is 0.322 e. The van der Waals surface area contributed by atoms with Gasteiger partial charge in [0.25, 0.3) is 0 Å². The molecule has 110 valence electrons. The van der Waals surface area contributed by atoms with E-state index in [-0.39, 0.29) is 21.5 Å². The third-order valence-corrected chi connectivity index (χ3v) is 5.50. The average molecular weight is 338 g/mol. The lowest BCUT2D eigenvalue weighted by Gasteiger charge is -2.31. The Kier molecular flexibility index (Phi) is 4.59. The second-order valence-electron chi connectivity index (χ2n) is 4.57. The molecule has 1 aromatic rings. The van der Waals surface area contributed by atoms with Gasteiger partial charge in [-0.25, -0.2) is 8.42 Å². The van der Waals surface area contributed by atoms with Gasteiger partial charge in [-0.3, -0.25) is 4.79 Å². The number of hydrogen-bond donors (Lipinski definition) is 1. The van der Waals surface area contributed by atoms with Crippen LogP contribution in [0.1, 0.15) is 19.3 Å². The highest BCUT2D eigenvalue weighted by molar-refractivity contribution is 7.89. The van der Waals surface area contributed by atoms with Crippen LogP contribution in [-0.4, -0.2) is 36.4 Å². The van der Waals surface area contributed by atoms with Crippen molar-refractivity contribution in [1.82, 2.24) is 4.31 Å². The quantitative estimate of drug-likeness (QED) is 0.919. The van der Waals surface area contributed by atoms with Gasteiger partial charge in [-0.2, -0.15) is 4.31 Å². The fourth-order valence-electron chi connectivity index (χ4n) is 2.25. The zero-order valence-electron chi connectivity index (χ0n) is 10.4. The van der Waals surface area contributed by atoms with Crippen molar-refractivity contribution >= 4 is 39.2 Å². The standard InChI is InChI=1S/C12H13Cl2NO4S/c13-8-5-9(14)7-10(6-8)20(18,19)15-4-2-1-3-11(15)12(16)17/h5-7,11H,1-4H2,(H,16,17)/t11-/m1/s1. The fourth-order valence-corrected chi connectivity index (χ4v) is 4.63. The molecule has 1 atom stereocenters. The summed E-state index contributed by atoms with van der Waals surface area (Å²) in [5.41, 5.74) is 0. The Bertz CT molecular complexity index is 612. The number of carboxylic acids is 1. The van der Waals surface area contributed by atoms with E-state index in [4.69, 9.17) is 28.3 Å². The van der Waals surface area contributed by atoms with Crippen molar-refractivity contribution in [3.8, 4) is 0 Å². The maximum atomic E-state index is 12.6. The molecule has 0 saturated carbocycles. The summed E-state index contributed by atoms with van der Waals surface area (Å²) < 4.78 is 26.1. The van der Waals surface area contributed by atoms with E-state index in [9.17, 15) is 13.2 Å². The molecule has 20 heavy (non-hydrogen) atoms. The van der Waals surface area contributed by atoms with Gasteiger partial charge < -0.3 is 5.11 Å². The average Bonchev–Trinajstić information content (AvgIpc) is 2.37. The van der Waals surface area contributed by atoms with E-state index in [1.54, 1.807) is 0 Å². The van der Waals surface area contributed by atoms with Gasteiger partial charge in [0.2, 0.25) is 10.0 Å². The Morgan fingerprint density at radius 1 is 1.20 bits per heavy atom. The normalized spacial score (nSPS) is 20.8. The molecule has 0 unspecified atom stereocenters. The second kappa shape index (κ2) is 5.89. The summed E-state index contributed by atoms with van der Waals surface area (Å²) in [5.74, 6) is -1.14. The number of aliphatic carboxylic acids is 1. The number of sulfonamides is 1. The molecule has 1 N–H and O–H groups in total. The minimum absolute atomic E-state index is 0.0804. The number of benzene rings is 1. The van der Waals surface area contributed by atoms with E-state index in [0.29, 0.717) is 19.3 Å².